The molecular weight excluding hydrogens is 276 g/mol. The largest absolute Gasteiger partial charge is 0.477 e. The molecule has 2 rings (SSSR count). The van der Waals surface area contributed by atoms with Crippen molar-refractivity contribution in [1.29, 1.82) is 0 Å². The van der Waals surface area contributed by atoms with Crippen molar-refractivity contribution in [1.82, 2.24) is 15.5 Å². The molecule has 1 saturated heterocycles. The van der Waals surface area contributed by atoms with E-state index in [2.05, 4.69) is 15.6 Å². The van der Waals surface area contributed by atoms with Crippen LogP contribution in [0.3, 0.4) is 0 Å². The summed E-state index contributed by atoms with van der Waals surface area (Å²) in [4.78, 5) is 28.5. The van der Waals surface area contributed by atoms with Gasteiger partial charge in [-0.05, 0) is 26.8 Å². The number of nitrogens with zero attached hydrogens (tertiary/aromatic N) is 2. The molecule has 2 aliphatic heterocycles. The number of rotatable bonds is 4. The van der Waals surface area contributed by atoms with Crippen molar-refractivity contribution in [2.75, 3.05) is 20.2 Å². The van der Waals surface area contributed by atoms with Gasteiger partial charge in [-0.25, -0.2) is 9.59 Å². The second-order valence-electron chi connectivity index (χ2n) is 4.60. The van der Waals surface area contributed by atoms with E-state index in [4.69, 9.17) is 4.74 Å². The van der Waals surface area contributed by atoms with E-state index in [9.17, 15) is 14.7 Å². The van der Waals surface area contributed by atoms with Crippen LogP contribution < -0.4 is 10.6 Å². The van der Waals surface area contributed by atoms with Gasteiger partial charge in [-0.1, -0.05) is 0 Å². The second kappa shape index (κ2) is 6.43. The Morgan fingerprint density at radius 1 is 1.67 bits per heavy atom. The number of likely N-dealkylation sites (tertiary alicyclic amines) is 1. The van der Waals surface area contributed by atoms with Crippen LogP contribution in [-0.2, 0) is 14.3 Å². The summed E-state index contributed by atoms with van der Waals surface area (Å²) in [7, 11) is 1.84. The molecule has 1 fully saturated rings. The second-order valence-corrected chi connectivity index (χ2v) is 4.60. The number of carboxylic acids is 1. The minimum atomic E-state index is -1.28. The number of nitrogens with one attached hydrogen (secondary N) is 2. The van der Waals surface area contributed by atoms with Crippen molar-refractivity contribution in [2.45, 2.75) is 25.9 Å². The maximum atomic E-state index is 11.3. The van der Waals surface area contributed by atoms with Crippen LogP contribution in [0.15, 0.2) is 22.1 Å². The maximum Gasteiger partial charge on any atom is 0.344 e. The molecular formula is C13H18N4O4. The first-order chi connectivity index (χ1) is 10.1. The number of aliphatic imine (C=N–C) groups is 1. The predicted octanol–water partition coefficient (Wildman–Crippen LogP) is -0.365. The zero-order valence-electron chi connectivity index (χ0n) is 12.0. The number of carboxylic acid groups (broad SMARTS) is 1. The number of carbonyl (C=O) groups excluding carboxylic acids is 1. The van der Waals surface area contributed by atoms with E-state index >= 15 is 0 Å². The van der Waals surface area contributed by atoms with Gasteiger partial charge in [0.25, 0.3) is 0 Å². The van der Waals surface area contributed by atoms with Crippen molar-refractivity contribution >= 4 is 17.9 Å². The molecule has 2 aliphatic rings. The van der Waals surface area contributed by atoms with Crippen LogP contribution >= 0.6 is 0 Å². The van der Waals surface area contributed by atoms with E-state index in [-0.39, 0.29) is 29.9 Å². The Morgan fingerprint density at radius 3 is 3.00 bits per heavy atom. The van der Waals surface area contributed by atoms with Crippen LogP contribution in [0.5, 0.6) is 0 Å². The molecule has 1 unspecified atom stereocenters. The lowest BCUT2D eigenvalue weighted by molar-refractivity contribution is -0.132. The van der Waals surface area contributed by atoms with Crippen LogP contribution in [0.25, 0.3) is 0 Å². The van der Waals surface area contributed by atoms with Gasteiger partial charge in [0.1, 0.15) is 5.70 Å². The highest BCUT2D eigenvalue weighted by molar-refractivity contribution is 6.00. The molecule has 8 nitrogen and oxygen atoms in total. The Hall–Kier alpha value is -2.31. The Bertz CT molecular complexity index is 548. The number of hydrogen-bond donors (Lipinski definition) is 3. The fourth-order valence-electron chi connectivity index (χ4n) is 2.43. The van der Waals surface area contributed by atoms with Crippen LogP contribution in [0.4, 0.5) is 0 Å². The molecule has 21 heavy (non-hydrogen) atoms. The highest BCUT2D eigenvalue weighted by Gasteiger charge is 2.33. The molecule has 0 radical (unpaired) electrons. The van der Waals surface area contributed by atoms with Crippen molar-refractivity contribution in [2.24, 2.45) is 4.99 Å². The zero-order chi connectivity index (χ0) is 15.4. The molecule has 0 spiro atoms. The minimum absolute atomic E-state index is 0.0705. The third-order valence-corrected chi connectivity index (χ3v) is 3.36. The summed E-state index contributed by atoms with van der Waals surface area (Å²) in [6.45, 7) is 2.73. The highest BCUT2D eigenvalue weighted by atomic mass is 16.5. The maximum absolute atomic E-state index is 11.3. The summed E-state index contributed by atoms with van der Waals surface area (Å²) in [5, 5.41) is 15.1. The van der Waals surface area contributed by atoms with Crippen LogP contribution in [-0.4, -0.2) is 54.2 Å². The number of ether oxygens (including phenoxy) is 1. The fraction of sp³-hybridized carbons (Fsp3) is 0.538. The highest BCUT2D eigenvalue weighted by Crippen LogP contribution is 2.22. The van der Waals surface area contributed by atoms with Gasteiger partial charge in [-0.15, -0.1) is 0 Å². The first-order valence-electron chi connectivity index (χ1n) is 6.77. The molecule has 0 saturated carbocycles. The van der Waals surface area contributed by atoms with Crippen molar-refractivity contribution in [3.8, 4) is 0 Å². The van der Waals surface area contributed by atoms with Gasteiger partial charge in [0.2, 0.25) is 11.8 Å². The van der Waals surface area contributed by atoms with Gasteiger partial charge in [0, 0.05) is 6.54 Å². The molecule has 114 valence electrons. The summed E-state index contributed by atoms with van der Waals surface area (Å²) in [6, 6.07) is 0. The Kier molecular flexibility index (Phi) is 4.62. The first-order valence-corrected chi connectivity index (χ1v) is 6.77. The molecule has 0 aliphatic carbocycles. The number of guanidine groups is 1. The monoisotopic (exact) mass is 294 g/mol. The Balaban J connectivity index is 2.43. The lowest BCUT2D eigenvalue weighted by Gasteiger charge is -2.30. The standard InChI is InChI=1S/C13H18N4O4/c1-3-21-11-10(12(19)20)8(7-18)15-13(16-11)17-6-4-5-9(17)14-2/h9,14H,3-6H2,1-2H3,(H,15,16)(H,19,20). The van der Waals surface area contributed by atoms with Gasteiger partial charge < -0.3 is 25.4 Å². The van der Waals surface area contributed by atoms with E-state index in [0.29, 0.717) is 5.96 Å². The third-order valence-electron chi connectivity index (χ3n) is 3.36. The Morgan fingerprint density at radius 2 is 2.43 bits per heavy atom. The lowest BCUT2D eigenvalue weighted by atomic mass is 10.2. The molecule has 0 aromatic carbocycles. The first kappa shape index (κ1) is 15.1. The average molecular weight is 294 g/mol. The van der Waals surface area contributed by atoms with Gasteiger partial charge in [-0.2, -0.15) is 4.99 Å². The summed E-state index contributed by atoms with van der Waals surface area (Å²) < 4.78 is 5.27. The van der Waals surface area contributed by atoms with Crippen LogP contribution in [0.1, 0.15) is 19.8 Å². The molecule has 8 heteroatoms. The zero-order valence-corrected chi connectivity index (χ0v) is 12.0. The summed E-state index contributed by atoms with van der Waals surface area (Å²) in [6.07, 6.45) is 2.00. The lowest BCUT2D eigenvalue weighted by Crippen LogP contribution is -2.50. The van der Waals surface area contributed by atoms with Crippen molar-refractivity contribution in [3.63, 3.8) is 0 Å². The smallest absolute Gasteiger partial charge is 0.344 e. The van der Waals surface area contributed by atoms with E-state index in [0.717, 1.165) is 19.4 Å². The predicted molar refractivity (Wildman–Crippen MR) is 74.9 cm³/mol. The normalized spacial score (nSPS) is 21.8. The molecule has 0 amide bonds. The Labute approximate surface area is 122 Å². The van der Waals surface area contributed by atoms with Gasteiger partial charge in [0.05, 0.1) is 12.8 Å². The summed E-state index contributed by atoms with van der Waals surface area (Å²) in [5.41, 5.74) is -0.464. The average Bonchev–Trinajstić information content (AvgIpc) is 2.94. The quantitative estimate of drug-likeness (QED) is 0.608. The third kappa shape index (κ3) is 2.91. The van der Waals surface area contributed by atoms with Crippen LogP contribution in [0.2, 0.25) is 0 Å². The van der Waals surface area contributed by atoms with E-state index in [1.54, 1.807) is 12.9 Å². The topological polar surface area (TPSA) is 103 Å². The summed E-state index contributed by atoms with van der Waals surface area (Å²) >= 11 is 0. The van der Waals surface area contributed by atoms with E-state index in [1.165, 1.54) is 0 Å². The number of aliphatic carboxylic acids is 1. The minimum Gasteiger partial charge on any atom is -0.477 e. The van der Waals surface area contributed by atoms with Gasteiger partial charge in [0.15, 0.2) is 11.5 Å². The van der Waals surface area contributed by atoms with E-state index in [1.807, 2.05) is 11.9 Å². The molecule has 0 bridgehead atoms. The SMILES string of the molecule is CCOC1=C(C(=O)O)C(=C=O)NC(N2CCCC2NC)=N1. The van der Waals surface area contributed by atoms with Gasteiger partial charge in [-0.3, -0.25) is 0 Å². The molecule has 1 atom stereocenters. The summed E-state index contributed by atoms with van der Waals surface area (Å²) in [5.74, 6) is 0.671. The number of hydrogen-bond acceptors (Lipinski definition) is 7. The molecule has 3 N–H and O–H groups in total. The van der Waals surface area contributed by atoms with Crippen molar-refractivity contribution < 1.29 is 19.4 Å². The van der Waals surface area contributed by atoms with Crippen molar-refractivity contribution in [3.05, 3.63) is 17.2 Å². The number of carbonyl (C=O) groups is 1. The fourth-order valence-corrected chi connectivity index (χ4v) is 2.43. The molecule has 2 heterocycles. The van der Waals surface area contributed by atoms with Gasteiger partial charge >= 0.3 is 5.97 Å². The van der Waals surface area contributed by atoms with Crippen LogP contribution in [0, 0.1) is 0 Å². The molecule has 0 aromatic heterocycles. The molecule has 0 aromatic rings. The van der Waals surface area contributed by atoms with E-state index < -0.39 is 5.97 Å².